The molecular weight excluding hydrogens is 1020 g/mol. The molecular formula is C53H84O22S. The molecule has 4 aliphatic carbocycles. The molecule has 7 fully saturated rings. The number of aliphatic hydroxyl groups excluding tert-OH is 4. The molecule has 8 aliphatic rings. The minimum Gasteiger partial charge on any atom is -0.459 e. The van der Waals surface area contributed by atoms with Gasteiger partial charge in [0.2, 0.25) is 0 Å². The van der Waals surface area contributed by atoms with Gasteiger partial charge < -0.3 is 77.3 Å². The largest absolute Gasteiger partial charge is 0.459 e. The highest BCUT2D eigenvalue weighted by Crippen LogP contribution is 2.67. The maximum atomic E-state index is 13.2. The van der Waals surface area contributed by atoms with E-state index in [1.54, 1.807) is 27.7 Å². The summed E-state index contributed by atoms with van der Waals surface area (Å²) in [5, 5.41) is 45.6. The quantitative estimate of drug-likeness (QED) is 0.0605. The third kappa shape index (κ3) is 12.2. The van der Waals surface area contributed by atoms with Crippen LogP contribution in [0.3, 0.4) is 0 Å². The summed E-state index contributed by atoms with van der Waals surface area (Å²) in [7, 11) is -0.636. The van der Waals surface area contributed by atoms with Crippen molar-refractivity contribution in [1.29, 1.82) is 0 Å². The Kier molecular flexibility index (Phi) is 19.1. The lowest BCUT2D eigenvalue weighted by atomic mass is 9.46. The number of ether oxygens (including phenoxy) is 12. The van der Waals surface area contributed by atoms with Crippen molar-refractivity contribution in [3.8, 4) is 0 Å². The normalized spacial score (nSPS) is 47.7. The minimum atomic E-state index is -5.04. The lowest BCUT2D eigenvalue weighted by Crippen LogP contribution is -2.65. The Balaban J connectivity index is 0.916. The summed E-state index contributed by atoms with van der Waals surface area (Å²) in [5.41, 5.74) is 1.18. The van der Waals surface area contributed by atoms with Gasteiger partial charge in [0.05, 0.1) is 43.2 Å². The first kappa shape index (κ1) is 60.0. The number of esters is 1. The second-order valence-corrected chi connectivity index (χ2v) is 24.3. The van der Waals surface area contributed by atoms with Crippen LogP contribution >= 0.6 is 0 Å². The maximum absolute atomic E-state index is 13.2. The molecule has 0 aromatic rings. The summed E-state index contributed by atoms with van der Waals surface area (Å²) in [6.07, 6.45) is -11.5. The molecule has 3 saturated carbocycles. The molecule has 0 aromatic heterocycles. The average molecular weight is 1110 g/mol. The van der Waals surface area contributed by atoms with Crippen molar-refractivity contribution in [2.45, 2.75) is 236 Å². The van der Waals surface area contributed by atoms with Gasteiger partial charge in [0, 0.05) is 51.6 Å². The molecule has 4 saturated heterocycles. The fourth-order valence-corrected chi connectivity index (χ4v) is 14.8. The number of Topliss-reactive ketones (excluding diaryl/α,β-unsaturated/α-hetero) is 1. The van der Waals surface area contributed by atoms with Crippen molar-refractivity contribution in [3.05, 3.63) is 23.3 Å². The predicted octanol–water partition coefficient (Wildman–Crippen LogP) is 3.23. The molecule has 0 amide bonds. The average Bonchev–Trinajstić information content (AvgIpc) is 3.72. The van der Waals surface area contributed by atoms with Crippen LogP contribution in [0.15, 0.2) is 23.3 Å². The summed E-state index contributed by atoms with van der Waals surface area (Å²) < 4.78 is 111. The van der Waals surface area contributed by atoms with Crippen molar-refractivity contribution in [1.82, 2.24) is 0 Å². The Labute approximate surface area is 446 Å². The molecule has 26 unspecified atom stereocenters. The van der Waals surface area contributed by atoms with Gasteiger partial charge in [0.25, 0.3) is 0 Å². The van der Waals surface area contributed by atoms with Crippen LogP contribution in [-0.2, 0) is 81.0 Å². The number of hydrogen-bond acceptors (Lipinski definition) is 21. The fourth-order valence-electron chi connectivity index (χ4n) is 14.5. The minimum absolute atomic E-state index is 0.119. The zero-order valence-corrected chi connectivity index (χ0v) is 46.5. The number of allylic oxidation sites excluding steroid dienone is 2. The molecule has 0 bridgehead atoms. The summed E-state index contributed by atoms with van der Waals surface area (Å²) in [6, 6.07) is 0. The highest BCUT2D eigenvalue weighted by Gasteiger charge is 2.65. The molecule has 23 heteroatoms. The first-order valence-electron chi connectivity index (χ1n) is 27.0. The lowest BCUT2D eigenvalue weighted by molar-refractivity contribution is -0.374. The molecule has 0 aromatic carbocycles. The van der Waals surface area contributed by atoms with Gasteiger partial charge in [-0.15, -0.1) is 0 Å². The monoisotopic (exact) mass is 1100 g/mol. The first-order valence-corrected chi connectivity index (χ1v) is 28.4. The van der Waals surface area contributed by atoms with E-state index in [1.165, 1.54) is 27.4 Å². The van der Waals surface area contributed by atoms with E-state index in [9.17, 15) is 43.0 Å². The Morgan fingerprint density at radius 1 is 0.711 bits per heavy atom. The SMILES string of the molecule is COC1CC(OC2C(C)OC(OC3C(C)OC(OC4C(COS(=O)(=O)O)OC(OC5CCC6(C)C(=CCC7C6CC(OC(=O)C=C(C)C)C6(C)C(C(C)=O)CCC76)C5)C(O)C4O)C(O)C3OC)CC2OC)OC(C)C1O. The Morgan fingerprint density at radius 2 is 1.36 bits per heavy atom. The zero-order valence-electron chi connectivity index (χ0n) is 45.7. The summed E-state index contributed by atoms with van der Waals surface area (Å²) >= 11 is 0. The number of ketones is 1. The number of aliphatic hydroxyl groups is 4. The summed E-state index contributed by atoms with van der Waals surface area (Å²) in [5.74, 6) is 0.0954. The molecule has 434 valence electrons. The highest BCUT2D eigenvalue weighted by atomic mass is 32.3. The van der Waals surface area contributed by atoms with Gasteiger partial charge in [-0.1, -0.05) is 31.1 Å². The number of rotatable bonds is 17. The predicted molar refractivity (Wildman–Crippen MR) is 265 cm³/mol. The van der Waals surface area contributed by atoms with Crippen LogP contribution in [-0.4, -0.2) is 196 Å². The van der Waals surface area contributed by atoms with Gasteiger partial charge in [0.1, 0.15) is 66.8 Å². The molecule has 5 N–H and O–H groups in total. The number of carbonyl (C=O) groups is 2. The molecule has 76 heavy (non-hydrogen) atoms. The number of methoxy groups -OCH3 is 3. The molecule has 0 radical (unpaired) electrons. The maximum Gasteiger partial charge on any atom is 0.397 e. The van der Waals surface area contributed by atoms with Gasteiger partial charge in [-0.05, 0) is 110 Å². The van der Waals surface area contributed by atoms with E-state index in [-0.39, 0.29) is 47.7 Å². The van der Waals surface area contributed by atoms with Gasteiger partial charge in [-0.2, -0.15) is 8.42 Å². The van der Waals surface area contributed by atoms with E-state index in [0.29, 0.717) is 25.7 Å². The van der Waals surface area contributed by atoms with E-state index in [1.807, 2.05) is 13.8 Å². The zero-order chi connectivity index (χ0) is 55.3. The third-order valence-electron chi connectivity index (χ3n) is 18.4. The van der Waals surface area contributed by atoms with Crippen molar-refractivity contribution in [2.75, 3.05) is 27.9 Å². The molecule has 8 rings (SSSR count). The van der Waals surface area contributed by atoms with Crippen molar-refractivity contribution in [2.24, 2.45) is 34.5 Å². The van der Waals surface area contributed by atoms with Crippen LogP contribution < -0.4 is 0 Å². The van der Waals surface area contributed by atoms with Gasteiger partial charge >= 0.3 is 16.4 Å². The number of carbonyl (C=O) groups excluding carboxylic acids is 2. The molecule has 4 heterocycles. The number of hydrogen-bond donors (Lipinski definition) is 5. The first-order chi connectivity index (χ1) is 35.8. The molecule has 26 atom stereocenters. The van der Waals surface area contributed by atoms with Crippen molar-refractivity contribution >= 4 is 22.2 Å². The van der Waals surface area contributed by atoms with E-state index in [0.717, 1.165) is 30.4 Å². The van der Waals surface area contributed by atoms with E-state index >= 15 is 0 Å². The summed E-state index contributed by atoms with van der Waals surface area (Å²) in [4.78, 5) is 26.3. The van der Waals surface area contributed by atoms with E-state index in [4.69, 9.17) is 61.0 Å². The standard InChI is InChI=1S/C53H84O22S/c1-24(2)18-39(55)72-38-20-34-31(33-15-14-32(25(3)54)53(33,38)8)13-12-29-19-30(16-17-52(29,34)7)70-50-44(58)43(57)48(37(71-50)23-66-76(60,61)62)75-51-45(59)49(65-11)47(28(6)69-51)74-41-22-36(64-10)46(27(5)68-41)73-40-21-35(63-9)42(56)26(4)67-40/h12,18,26-28,30-38,40-51,56-59H,13-17,19-23H2,1-11H3,(H,60,61,62). The molecule has 22 nitrogen and oxygen atoms in total. The van der Waals surface area contributed by atoms with Gasteiger partial charge in [0.15, 0.2) is 25.2 Å². The van der Waals surface area contributed by atoms with Crippen LogP contribution in [0, 0.1) is 34.5 Å². The lowest BCUT2D eigenvalue weighted by Gasteiger charge is -2.60. The van der Waals surface area contributed by atoms with Crippen molar-refractivity contribution in [3.63, 3.8) is 0 Å². The Bertz CT molecular complexity index is 2190. The fraction of sp³-hybridized carbons (Fsp3) is 0.887. The van der Waals surface area contributed by atoms with Crippen LogP contribution in [0.2, 0.25) is 0 Å². The van der Waals surface area contributed by atoms with Crippen LogP contribution in [0.1, 0.15) is 113 Å². The third-order valence-corrected chi connectivity index (χ3v) is 18.9. The summed E-state index contributed by atoms with van der Waals surface area (Å²) in [6.45, 7) is 14.0. The topological polar surface area (TPSA) is 289 Å². The van der Waals surface area contributed by atoms with Crippen LogP contribution in [0.4, 0.5) is 0 Å². The van der Waals surface area contributed by atoms with Gasteiger partial charge in [-0.3, -0.25) is 9.35 Å². The Hall–Kier alpha value is -2.11. The van der Waals surface area contributed by atoms with E-state index < -0.39 is 151 Å². The smallest absolute Gasteiger partial charge is 0.397 e. The highest BCUT2D eigenvalue weighted by molar-refractivity contribution is 7.80. The molecule has 4 aliphatic heterocycles. The van der Waals surface area contributed by atoms with Crippen LogP contribution in [0.5, 0.6) is 0 Å². The number of fused-ring (bicyclic) bond motifs is 5. The van der Waals surface area contributed by atoms with Crippen LogP contribution in [0.25, 0.3) is 0 Å². The second-order valence-electron chi connectivity index (χ2n) is 23.2. The molecule has 0 spiro atoms. The van der Waals surface area contributed by atoms with E-state index in [2.05, 4.69) is 19.9 Å². The van der Waals surface area contributed by atoms with Gasteiger partial charge in [-0.25, -0.2) is 8.98 Å². The van der Waals surface area contributed by atoms with Crippen molar-refractivity contribution < 1.29 is 104 Å². The Morgan fingerprint density at radius 3 is 2.00 bits per heavy atom. The second kappa shape index (κ2) is 24.2.